The standard InChI is InChI=1S/C23H23N7O/c31-17-9-19-20-16(10-26-28-19)8-18(21(22(20)24-11-17)23-25-13-27-29-23)15-4-2-14(3-5-15)12-30-6-1-7-30/h2-5,9,13,18,21H,1,6-8,10-12H2,(H,25,27,29). The van der Waals surface area contributed by atoms with Crippen LogP contribution in [0.25, 0.3) is 0 Å². The molecule has 2 atom stereocenters. The number of carbonyl (C=O) groups is 1. The average Bonchev–Trinajstić information content (AvgIpc) is 3.23. The fourth-order valence-corrected chi connectivity index (χ4v) is 5.02. The molecule has 8 nitrogen and oxygen atoms in total. The highest BCUT2D eigenvalue weighted by Gasteiger charge is 2.41. The van der Waals surface area contributed by atoms with Crippen molar-refractivity contribution in [2.24, 2.45) is 15.2 Å². The van der Waals surface area contributed by atoms with Crippen LogP contribution in [0.3, 0.4) is 0 Å². The summed E-state index contributed by atoms with van der Waals surface area (Å²) in [6.45, 7) is 4.06. The van der Waals surface area contributed by atoms with Crippen molar-refractivity contribution in [2.75, 3.05) is 26.2 Å². The number of allylic oxidation sites excluding steroid dienone is 1. The molecule has 2 unspecified atom stereocenters. The monoisotopic (exact) mass is 413 g/mol. The molecule has 0 saturated carbocycles. The van der Waals surface area contributed by atoms with Crippen molar-refractivity contribution in [3.63, 3.8) is 0 Å². The maximum atomic E-state index is 12.3. The summed E-state index contributed by atoms with van der Waals surface area (Å²) in [5.41, 5.74) is 6.27. The van der Waals surface area contributed by atoms with Gasteiger partial charge in [0.1, 0.15) is 18.7 Å². The van der Waals surface area contributed by atoms with Gasteiger partial charge in [0.25, 0.3) is 0 Å². The van der Waals surface area contributed by atoms with Crippen molar-refractivity contribution in [1.82, 2.24) is 20.1 Å². The van der Waals surface area contributed by atoms with E-state index in [-0.39, 0.29) is 24.2 Å². The number of ketones is 1. The van der Waals surface area contributed by atoms with E-state index in [1.165, 1.54) is 42.5 Å². The molecule has 0 bridgehead atoms. The van der Waals surface area contributed by atoms with Crippen molar-refractivity contribution >= 4 is 11.5 Å². The number of carbonyl (C=O) groups excluding carboxylic acids is 1. The molecule has 1 saturated heterocycles. The van der Waals surface area contributed by atoms with Crippen LogP contribution in [0, 0.1) is 0 Å². The van der Waals surface area contributed by atoms with Crippen molar-refractivity contribution < 1.29 is 4.79 Å². The highest BCUT2D eigenvalue weighted by molar-refractivity contribution is 6.13. The van der Waals surface area contributed by atoms with Gasteiger partial charge in [0, 0.05) is 24.1 Å². The second kappa shape index (κ2) is 7.46. The van der Waals surface area contributed by atoms with Crippen LogP contribution in [0.4, 0.5) is 0 Å². The van der Waals surface area contributed by atoms with Gasteiger partial charge in [0.2, 0.25) is 0 Å². The maximum absolute atomic E-state index is 12.3. The van der Waals surface area contributed by atoms with Crippen LogP contribution in [0.5, 0.6) is 0 Å². The lowest BCUT2D eigenvalue weighted by Crippen LogP contribution is -2.36. The van der Waals surface area contributed by atoms with Crippen molar-refractivity contribution in [3.8, 4) is 0 Å². The number of azo groups is 1. The van der Waals surface area contributed by atoms with Crippen molar-refractivity contribution in [1.29, 1.82) is 0 Å². The summed E-state index contributed by atoms with van der Waals surface area (Å²) in [6.07, 6.45) is 5.24. The first-order valence-corrected chi connectivity index (χ1v) is 10.8. The van der Waals surface area contributed by atoms with Crippen molar-refractivity contribution in [3.05, 3.63) is 70.5 Å². The number of aromatic amines is 1. The number of rotatable bonds is 4. The van der Waals surface area contributed by atoms with E-state index >= 15 is 0 Å². The van der Waals surface area contributed by atoms with E-state index in [0.717, 1.165) is 30.1 Å². The maximum Gasteiger partial charge on any atom is 0.179 e. The zero-order valence-corrected chi connectivity index (χ0v) is 17.2. The zero-order valence-electron chi connectivity index (χ0n) is 17.2. The molecule has 1 aromatic carbocycles. The van der Waals surface area contributed by atoms with E-state index in [2.05, 4.69) is 54.6 Å². The molecule has 4 heterocycles. The second-order valence-electron chi connectivity index (χ2n) is 8.61. The molecule has 1 aromatic heterocycles. The lowest BCUT2D eigenvalue weighted by molar-refractivity contribution is -0.113. The van der Waals surface area contributed by atoms with Gasteiger partial charge in [-0.15, -0.1) is 0 Å². The number of benzene rings is 1. The Morgan fingerprint density at radius 3 is 2.74 bits per heavy atom. The summed E-state index contributed by atoms with van der Waals surface area (Å²) < 4.78 is 0. The second-order valence-corrected chi connectivity index (χ2v) is 8.61. The molecular formula is C23H23N7O. The third-order valence-electron chi connectivity index (χ3n) is 6.66. The average molecular weight is 413 g/mol. The van der Waals surface area contributed by atoms with E-state index in [9.17, 15) is 4.79 Å². The molecule has 4 aliphatic rings. The highest BCUT2D eigenvalue weighted by atomic mass is 16.1. The summed E-state index contributed by atoms with van der Waals surface area (Å²) >= 11 is 0. The Bertz CT molecular complexity index is 1140. The molecule has 1 aliphatic carbocycles. The minimum atomic E-state index is -0.106. The van der Waals surface area contributed by atoms with Gasteiger partial charge in [0.15, 0.2) is 5.78 Å². The van der Waals surface area contributed by atoms with Crippen molar-refractivity contribution in [2.45, 2.75) is 31.2 Å². The van der Waals surface area contributed by atoms with Gasteiger partial charge >= 0.3 is 0 Å². The molecule has 1 N–H and O–H groups in total. The number of nitrogens with one attached hydrogen (secondary N) is 1. The number of H-pyrrole nitrogens is 1. The highest BCUT2D eigenvalue weighted by Crippen LogP contribution is 2.47. The molecular weight excluding hydrogens is 390 g/mol. The molecule has 156 valence electrons. The summed E-state index contributed by atoms with van der Waals surface area (Å²) in [5.74, 6) is 0.764. The quantitative estimate of drug-likeness (QED) is 0.833. The molecule has 31 heavy (non-hydrogen) atoms. The van der Waals surface area contributed by atoms with Crippen LogP contribution in [0.2, 0.25) is 0 Å². The van der Waals surface area contributed by atoms with Gasteiger partial charge in [-0.2, -0.15) is 15.3 Å². The predicted octanol–water partition coefficient (Wildman–Crippen LogP) is 2.95. The van der Waals surface area contributed by atoms with Crippen LogP contribution < -0.4 is 0 Å². The van der Waals surface area contributed by atoms with Gasteiger partial charge in [-0.3, -0.25) is 19.8 Å². The van der Waals surface area contributed by atoms with E-state index < -0.39 is 0 Å². The SMILES string of the molecule is O=C1C=C2N=NCC3=C2C(=NC1)C(c1ncn[nH]1)C(c1ccc(CN2CCC2)cc1)C3. The molecule has 0 amide bonds. The normalized spacial score (nSPS) is 25.5. The number of hydrogen-bond donors (Lipinski definition) is 1. The molecule has 1 fully saturated rings. The van der Waals surface area contributed by atoms with E-state index in [4.69, 9.17) is 4.99 Å². The zero-order chi connectivity index (χ0) is 20.8. The minimum Gasteiger partial charge on any atom is -0.299 e. The van der Waals surface area contributed by atoms with Crippen LogP contribution >= 0.6 is 0 Å². The van der Waals surface area contributed by atoms with E-state index in [1.807, 2.05) is 0 Å². The number of aromatic nitrogens is 3. The smallest absolute Gasteiger partial charge is 0.179 e. The molecule has 3 aliphatic heterocycles. The molecule has 0 spiro atoms. The van der Waals surface area contributed by atoms with Crippen LogP contribution in [0.15, 0.2) is 68.7 Å². The third kappa shape index (κ3) is 3.27. The number of aliphatic imine (C=N–C) groups is 1. The Hall–Kier alpha value is -3.26. The first-order chi connectivity index (χ1) is 15.3. The van der Waals surface area contributed by atoms with Gasteiger partial charge in [-0.25, -0.2) is 4.98 Å². The van der Waals surface area contributed by atoms with E-state index in [1.54, 1.807) is 6.08 Å². The Labute approximate surface area is 179 Å². The van der Waals surface area contributed by atoms with Gasteiger partial charge in [-0.1, -0.05) is 24.3 Å². The summed E-state index contributed by atoms with van der Waals surface area (Å²) in [7, 11) is 0. The summed E-state index contributed by atoms with van der Waals surface area (Å²) in [5, 5.41) is 15.7. The molecule has 2 aromatic rings. The Balaban J connectivity index is 1.42. The molecule has 0 radical (unpaired) electrons. The molecule has 6 rings (SSSR count). The van der Waals surface area contributed by atoms with Crippen LogP contribution in [-0.2, 0) is 11.3 Å². The largest absolute Gasteiger partial charge is 0.299 e. The minimum absolute atomic E-state index is 0.0483. The molecule has 8 heteroatoms. The first-order valence-electron chi connectivity index (χ1n) is 10.8. The topological polar surface area (TPSA) is 99.0 Å². The lowest BCUT2D eigenvalue weighted by Gasteiger charge is -2.36. The van der Waals surface area contributed by atoms with Crippen LogP contribution in [-0.4, -0.2) is 57.8 Å². The first kappa shape index (κ1) is 18.5. The lowest BCUT2D eigenvalue weighted by atomic mass is 9.70. The van der Waals surface area contributed by atoms with Gasteiger partial charge < -0.3 is 0 Å². The fraction of sp³-hybridized carbons (Fsp3) is 0.391. The number of nitrogens with zero attached hydrogens (tertiary/aromatic N) is 6. The fourth-order valence-electron chi connectivity index (χ4n) is 5.02. The van der Waals surface area contributed by atoms with Gasteiger partial charge in [-0.05, 0) is 42.6 Å². The van der Waals surface area contributed by atoms with Gasteiger partial charge in [0.05, 0.1) is 23.9 Å². The third-order valence-corrected chi connectivity index (χ3v) is 6.66. The summed E-state index contributed by atoms with van der Waals surface area (Å²) in [4.78, 5) is 24.0. The Morgan fingerprint density at radius 1 is 1.13 bits per heavy atom. The predicted molar refractivity (Wildman–Crippen MR) is 115 cm³/mol. The Kier molecular flexibility index (Phi) is 4.45. The number of likely N-dealkylation sites (tertiary alicyclic amines) is 1. The Morgan fingerprint density at radius 2 is 2.00 bits per heavy atom. The van der Waals surface area contributed by atoms with E-state index in [0.29, 0.717) is 12.2 Å². The van der Waals surface area contributed by atoms with Crippen LogP contribution in [0.1, 0.15) is 41.6 Å². The summed E-state index contributed by atoms with van der Waals surface area (Å²) in [6, 6.07) is 8.94. The number of hydrogen-bond acceptors (Lipinski definition) is 7.